The number of carbonyl (C=O) groups is 2. The van der Waals surface area contributed by atoms with E-state index in [-0.39, 0.29) is 6.54 Å². The van der Waals surface area contributed by atoms with Crippen LogP contribution in [-0.2, 0) is 26.0 Å². The van der Waals surface area contributed by atoms with Crippen LogP contribution in [0.15, 0.2) is 53.4 Å². The molecule has 0 fully saturated rings. The molecule has 1 atom stereocenters. The zero-order valence-corrected chi connectivity index (χ0v) is 16.3. The topological polar surface area (TPSA) is 104 Å². The van der Waals surface area contributed by atoms with Gasteiger partial charge in [0.25, 0.3) is 0 Å². The summed E-state index contributed by atoms with van der Waals surface area (Å²) in [5, 5.41) is 5.05. The normalized spacial score (nSPS) is 12.2. The van der Waals surface area contributed by atoms with Crippen molar-refractivity contribution in [1.29, 1.82) is 0 Å². The van der Waals surface area contributed by atoms with Crippen LogP contribution in [0.3, 0.4) is 0 Å². The van der Waals surface area contributed by atoms with E-state index in [9.17, 15) is 22.4 Å². The Morgan fingerprint density at radius 1 is 1.07 bits per heavy atom. The summed E-state index contributed by atoms with van der Waals surface area (Å²) in [4.78, 5) is 23.6. The van der Waals surface area contributed by atoms with Crippen LogP contribution >= 0.6 is 0 Å². The molecule has 150 valence electrons. The summed E-state index contributed by atoms with van der Waals surface area (Å²) < 4.78 is 40.2. The van der Waals surface area contributed by atoms with Crippen molar-refractivity contribution in [3.63, 3.8) is 0 Å². The largest absolute Gasteiger partial charge is 0.346 e. The lowest BCUT2D eigenvalue weighted by molar-refractivity contribution is -0.125. The molecule has 0 spiro atoms. The Morgan fingerprint density at radius 3 is 2.39 bits per heavy atom. The third-order valence-electron chi connectivity index (χ3n) is 3.95. The quantitative estimate of drug-likeness (QED) is 0.621. The monoisotopic (exact) mass is 407 g/mol. The van der Waals surface area contributed by atoms with Gasteiger partial charge in [0.05, 0.1) is 12.6 Å². The minimum absolute atomic E-state index is 0.331. The van der Waals surface area contributed by atoms with Gasteiger partial charge in [-0.2, -0.15) is 4.72 Å². The first kappa shape index (κ1) is 21.5. The van der Waals surface area contributed by atoms with Gasteiger partial charge in [0.15, 0.2) is 0 Å². The maximum Gasteiger partial charge on any atom is 0.244 e. The molecule has 0 saturated heterocycles. The maximum absolute atomic E-state index is 13.7. The highest BCUT2D eigenvalue weighted by Crippen LogP contribution is 2.15. The molecule has 2 rings (SSSR count). The first-order chi connectivity index (χ1) is 13.2. The van der Waals surface area contributed by atoms with E-state index >= 15 is 0 Å². The molecule has 0 aliphatic rings. The van der Waals surface area contributed by atoms with E-state index in [0.717, 1.165) is 24.1 Å². The number of aryl methyl sites for hydroxylation is 1. The zero-order valence-electron chi connectivity index (χ0n) is 15.5. The Labute approximate surface area is 163 Å². The molecule has 0 bridgehead atoms. The predicted molar refractivity (Wildman–Crippen MR) is 104 cm³/mol. The molecule has 9 heteroatoms. The van der Waals surface area contributed by atoms with Gasteiger partial charge in [-0.15, -0.1) is 0 Å². The van der Waals surface area contributed by atoms with Crippen molar-refractivity contribution < 1.29 is 22.4 Å². The van der Waals surface area contributed by atoms with Gasteiger partial charge >= 0.3 is 0 Å². The van der Waals surface area contributed by atoms with Gasteiger partial charge in [0.2, 0.25) is 21.8 Å². The van der Waals surface area contributed by atoms with E-state index in [2.05, 4.69) is 15.4 Å². The second kappa shape index (κ2) is 9.43. The molecular weight excluding hydrogens is 385 g/mol. The fourth-order valence-electron chi connectivity index (χ4n) is 2.48. The van der Waals surface area contributed by atoms with Crippen LogP contribution in [-0.4, -0.2) is 32.8 Å². The molecule has 2 aromatic rings. The average molecular weight is 407 g/mol. The first-order valence-electron chi connectivity index (χ1n) is 8.67. The van der Waals surface area contributed by atoms with Crippen molar-refractivity contribution in [2.75, 3.05) is 11.9 Å². The Bertz CT molecular complexity index is 963. The van der Waals surface area contributed by atoms with Crippen LogP contribution in [0.4, 0.5) is 10.1 Å². The molecule has 3 N–H and O–H groups in total. The van der Waals surface area contributed by atoms with Gasteiger partial charge in [-0.3, -0.25) is 9.59 Å². The number of carbonyl (C=O) groups excluding carboxylic acids is 2. The van der Waals surface area contributed by atoms with Crippen molar-refractivity contribution in [2.24, 2.45) is 0 Å². The van der Waals surface area contributed by atoms with Crippen LogP contribution in [0.1, 0.15) is 19.4 Å². The van der Waals surface area contributed by atoms with Crippen molar-refractivity contribution in [2.45, 2.75) is 31.2 Å². The number of hydrogen-bond donors (Lipinski definition) is 3. The molecule has 0 aliphatic heterocycles. The minimum Gasteiger partial charge on any atom is -0.346 e. The highest BCUT2D eigenvalue weighted by molar-refractivity contribution is 7.89. The summed E-state index contributed by atoms with van der Waals surface area (Å²) in [5.41, 5.74) is 1.60. The first-order valence-corrected chi connectivity index (χ1v) is 10.1. The number of sulfonamides is 1. The third kappa shape index (κ3) is 5.61. The second-order valence-electron chi connectivity index (χ2n) is 6.05. The van der Waals surface area contributed by atoms with E-state index in [4.69, 9.17) is 0 Å². The van der Waals surface area contributed by atoms with E-state index < -0.39 is 38.6 Å². The van der Waals surface area contributed by atoms with Crippen molar-refractivity contribution in [3.8, 4) is 0 Å². The van der Waals surface area contributed by atoms with Crippen LogP contribution in [0.2, 0.25) is 0 Å². The lowest BCUT2D eigenvalue weighted by Gasteiger charge is -2.15. The fraction of sp³-hybridized carbons (Fsp3) is 0.263. The number of anilines is 1. The van der Waals surface area contributed by atoms with Crippen molar-refractivity contribution >= 4 is 27.5 Å². The Hall–Kier alpha value is -2.78. The van der Waals surface area contributed by atoms with Gasteiger partial charge in [0, 0.05) is 5.69 Å². The minimum atomic E-state index is -4.22. The molecule has 28 heavy (non-hydrogen) atoms. The summed E-state index contributed by atoms with van der Waals surface area (Å²) in [5.74, 6) is -2.08. The van der Waals surface area contributed by atoms with Crippen LogP contribution in [0.25, 0.3) is 0 Å². The molecule has 0 saturated carbocycles. The van der Waals surface area contributed by atoms with E-state index in [1.54, 1.807) is 12.1 Å². The molecule has 0 unspecified atom stereocenters. The number of halogens is 1. The lowest BCUT2D eigenvalue weighted by atomic mass is 10.1. The standard InChI is InChI=1S/C19H22FN3O4S/c1-3-14-8-4-6-10-16(14)22-18(24)12-21-19(25)13(2)23-28(26,27)17-11-7-5-9-15(17)20/h4-11,13,23H,3,12H2,1-2H3,(H,21,25)(H,22,24)/t13-/m0/s1. The van der Waals surface area contributed by atoms with E-state index in [1.165, 1.54) is 19.1 Å². The molecule has 0 radical (unpaired) electrons. The highest BCUT2D eigenvalue weighted by atomic mass is 32.2. The summed E-state index contributed by atoms with van der Waals surface area (Å²) in [6, 6.07) is 10.9. The number of rotatable bonds is 8. The molecule has 7 nitrogen and oxygen atoms in total. The van der Waals surface area contributed by atoms with Crippen LogP contribution in [0, 0.1) is 5.82 Å². The molecule has 2 amide bonds. The summed E-state index contributed by atoms with van der Waals surface area (Å²) in [7, 11) is -4.22. The van der Waals surface area contributed by atoms with E-state index in [0.29, 0.717) is 5.69 Å². The summed E-state index contributed by atoms with van der Waals surface area (Å²) in [6.07, 6.45) is 0.734. The fourth-order valence-corrected chi connectivity index (χ4v) is 3.76. The predicted octanol–water partition coefficient (Wildman–Crippen LogP) is 1.81. The van der Waals surface area contributed by atoms with Gasteiger partial charge in [0.1, 0.15) is 10.7 Å². The Balaban J connectivity index is 1.92. The molecule has 0 aliphatic carbocycles. The van der Waals surface area contributed by atoms with Crippen LogP contribution in [0.5, 0.6) is 0 Å². The summed E-state index contributed by atoms with van der Waals surface area (Å²) >= 11 is 0. The number of hydrogen-bond acceptors (Lipinski definition) is 4. The number of para-hydroxylation sites is 1. The van der Waals surface area contributed by atoms with Gasteiger partial charge < -0.3 is 10.6 Å². The smallest absolute Gasteiger partial charge is 0.244 e. The summed E-state index contributed by atoms with van der Waals surface area (Å²) in [6.45, 7) is 2.93. The van der Waals surface area contributed by atoms with Gasteiger partial charge in [-0.25, -0.2) is 12.8 Å². The highest BCUT2D eigenvalue weighted by Gasteiger charge is 2.24. The number of benzene rings is 2. The number of nitrogens with one attached hydrogen (secondary N) is 3. The number of amides is 2. The second-order valence-corrected chi connectivity index (χ2v) is 7.73. The molecule has 2 aromatic carbocycles. The van der Waals surface area contributed by atoms with Gasteiger partial charge in [-0.1, -0.05) is 37.3 Å². The zero-order chi connectivity index (χ0) is 20.7. The molecular formula is C19H22FN3O4S. The van der Waals surface area contributed by atoms with Crippen molar-refractivity contribution in [3.05, 3.63) is 59.9 Å². The molecule has 0 aromatic heterocycles. The van der Waals surface area contributed by atoms with E-state index in [1.807, 2.05) is 19.1 Å². The van der Waals surface area contributed by atoms with Crippen LogP contribution < -0.4 is 15.4 Å². The van der Waals surface area contributed by atoms with Crippen molar-refractivity contribution in [1.82, 2.24) is 10.0 Å². The maximum atomic E-state index is 13.7. The molecule has 0 heterocycles. The average Bonchev–Trinajstić information content (AvgIpc) is 2.66. The SMILES string of the molecule is CCc1ccccc1NC(=O)CNC(=O)[C@H](C)NS(=O)(=O)c1ccccc1F. The Kier molecular flexibility index (Phi) is 7.24. The third-order valence-corrected chi connectivity index (χ3v) is 5.52. The lowest BCUT2D eigenvalue weighted by Crippen LogP contribution is -2.46. The van der Waals surface area contributed by atoms with Gasteiger partial charge in [-0.05, 0) is 37.1 Å². The Morgan fingerprint density at radius 2 is 1.71 bits per heavy atom.